The quantitative estimate of drug-likeness (QED) is 0.632. The van der Waals surface area contributed by atoms with Gasteiger partial charge in [-0.15, -0.1) is 0 Å². The van der Waals surface area contributed by atoms with Gasteiger partial charge in [0, 0.05) is 6.20 Å². The molecule has 1 aromatic carbocycles. The third-order valence-corrected chi connectivity index (χ3v) is 2.69. The smallest absolute Gasteiger partial charge is 0.204 e. The summed E-state index contributed by atoms with van der Waals surface area (Å²) in [6, 6.07) is 3.69. The summed E-state index contributed by atoms with van der Waals surface area (Å²) in [5.41, 5.74) is 2.55. The molecule has 0 bridgehead atoms. The molecule has 1 heterocycles. The highest BCUT2D eigenvalue weighted by molar-refractivity contribution is 6.00. The van der Waals surface area contributed by atoms with Crippen LogP contribution in [0.5, 0.6) is 17.2 Å². The normalized spacial score (nSPS) is 10.2. The minimum Gasteiger partial charge on any atom is -0.493 e. The van der Waals surface area contributed by atoms with E-state index in [2.05, 4.69) is 10.4 Å². The molecule has 0 radical (unpaired) electrons. The van der Waals surface area contributed by atoms with E-state index >= 15 is 0 Å². The van der Waals surface area contributed by atoms with Crippen LogP contribution in [0, 0.1) is 0 Å². The monoisotopic (exact) mass is 249 g/mol. The van der Waals surface area contributed by atoms with Gasteiger partial charge in [0.2, 0.25) is 5.75 Å². The molecular weight excluding hydrogens is 234 g/mol. The lowest BCUT2D eigenvalue weighted by atomic mass is 10.1. The molecule has 0 unspecified atom stereocenters. The highest BCUT2D eigenvalue weighted by Gasteiger charge is 2.18. The first-order valence-corrected chi connectivity index (χ1v) is 5.31. The van der Waals surface area contributed by atoms with E-state index in [0.717, 1.165) is 10.8 Å². The zero-order valence-corrected chi connectivity index (χ0v) is 10.5. The molecule has 6 nitrogen and oxygen atoms in total. The van der Waals surface area contributed by atoms with E-state index in [1.807, 2.05) is 12.1 Å². The van der Waals surface area contributed by atoms with E-state index in [-0.39, 0.29) is 0 Å². The van der Waals surface area contributed by atoms with Crippen molar-refractivity contribution in [3.8, 4) is 17.2 Å². The number of nitrogens with zero attached hydrogens (tertiary/aromatic N) is 1. The zero-order chi connectivity index (χ0) is 13.1. The predicted octanol–water partition coefficient (Wildman–Crippen LogP) is 1.55. The van der Waals surface area contributed by atoms with E-state index in [0.29, 0.717) is 23.1 Å². The van der Waals surface area contributed by atoms with Crippen molar-refractivity contribution in [1.29, 1.82) is 0 Å². The number of fused-ring (bicyclic) bond motifs is 1. The van der Waals surface area contributed by atoms with Crippen molar-refractivity contribution in [3.63, 3.8) is 0 Å². The van der Waals surface area contributed by atoms with Crippen LogP contribution in [0.1, 0.15) is 0 Å². The Balaban J connectivity index is 2.88. The summed E-state index contributed by atoms with van der Waals surface area (Å²) < 4.78 is 16.0. The first-order chi connectivity index (χ1) is 8.76. The van der Waals surface area contributed by atoms with Gasteiger partial charge in [-0.2, -0.15) is 0 Å². The van der Waals surface area contributed by atoms with E-state index in [9.17, 15) is 0 Å². The maximum absolute atomic E-state index is 5.46. The summed E-state index contributed by atoms with van der Waals surface area (Å²) in [5.74, 6) is 7.62. The van der Waals surface area contributed by atoms with Crippen LogP contribution >= 0.6 is 0 Å². The van der Waals surface area contributed by atoms with Crippen molar-refractivity contribution in [2.24, 2.45) is 5.84 Å². The number of ether oxygens (including phenoxy) is 3. The van der Waals surface area contributed by atoms with Gasteiger partial charge in [0.15, 0.2) is 17.3 Å². The van der Waals surface area contributed by atoms with Gasteiger partial charge in [-0.25, -0.2) is 10.8 Å². The number of hydrazine groups is 1. The van der Waals surface area contributed by atoms with Crippen molar-refractivity contribution in [2.45, 2.75) is 0 Å². The van der Waals surface area contributed by atoms with Gasteiger partial charge in [-0.1, -0.05) is 0 Å². The van der Waals surface area contributed by atoms with Crippen LogP contribution in [-0.4, -0.2) is 26.3 Å². The minimum absolute atomic E-state index is 0.511. The lowest BCUT2D eigenvalue weighted by Gasteiger charge is -2.16. The van der Waals surface area contributed by atoms with Gasteiger partial charge in [0.25, 0.3) is 0 Å². The van der Waals surface area contributed by atoms with Gasteiger partial charge in [-0.05, 0) is 17.5 Å². The van der Waals surface area contributed by atoms with Gasteiger partial charge in [0.1, 0.15) is 0 Å². The van der Waals surface area contributed by atoms with Crippen molar-refractivity contribution in [3.05, 3.63) is 18.3 Å². The summed E-state index contributed by atoms with van der Waals surface area (Å²) in [4.78, 5) is 4.15. The summed E-state index contributed by atoms with van der Waals surface area (Å²) >= 11 is 0. The Morgan fingerprint density at radius 2 is 1.83 bits per heavy atom. The summed E-state index contributed by atoms with van der Waals surface area (Å²) in [5, 5.41) is 1.65. The van der Waals surface area contributed by atoms with Crippen LogP contribution in [0.25, 0.3) is 10.8 Å². The summed E-state index contributed by atoms with van der Waals surface area (Å²) in [6.45, 7) is 0. The molecule has 0 spiro atoms. The molecule has 2 aromatic rings. The number of hydrogen-bond donors (Lipinski definition) is 2. The molecule has 18 heavy (non-hydrogen) atoms. The molecule has 0 aliphatic carbocycles. The molecule has 0 saturated heterocycles. The fourth-order valence-corrected chi connectivity index (χ4v) is 1.92. The average Bonchev–Trinajstić information content (AvgIpc) is 2.43. The third kappa shape index (κ3) is 1.76. The van der Waals surface area contributed by atoms with Gasteiger partial charge in [-0.3, -0.25) is 0 Å². The Labute approximate surface area is 105 Å². The number of rotatable bonds is 4. The number of hydrogen-bond acceptors (Lipinski definition) is 6. The fraction of sp³-hybridized carbons (Fsp3) is 0.250. The topological polar surface area (TPSA) is 78.6 Å². The minimum atomic E-state index is 0.511. The van der Waals surface area contributed by atoms with Gasteiger partial charge >= 0.3 is 0 Å². The van der Waals surface area contributed by atoms with Crippen LogP contribution in [0.3, 0.4) is 0 Å². The second-order valence-electron chi connectivity index (χ2n) is 3.55. The maximum Gasteiger partial charge on any atom is 0.204 e. The molecular formula is C12H15N3O3. The maximum atomic E-state index is 5.46. The first-order valence-electron chi connectivity index (χ1n) is 5.31. The Kier molecular flexibility index (Phi) is 3.38. The Bertz CT molecular complexity index is 572. The van der Waals surface area contributed by atoms with Crippen molar-refractivity contribution < 1.29 is 14.2 Å². The SMILES string of the molecule is COc1cc2ccnc(NN)c2c(OC)c1OC. The molecule has 3 N–H and O–H groups in total. The zero-order valence-electron chi connectivity index (χ0n) is 10.5. The third-order valence-electron chi connectivity index (χ3n) is 2.69. The molecule has 0 aliphatic heterocycles. The molecule has 1 aromatic heterocycles. The summed E-state index contributed by atoms with van der Waals surface area (Å²) in [7, 11) is 4.69. The molecule has 0 amide bonds. The lowest BCUT2D eigenvalue weighted by molar-refractivity contribution is 0.327. The number of benzene rings is 1. The summed E-state index contributed by atoms with van der Waals surface area (Å²) in [6.07, 6.45) is 1.66. The highest BCUT2D eigenvalue weighted by atomic mass is 16.5. The van der Waals surface area contributed by atoms with E-state index in [1.165, 1.54) is 0 Å². The molecule has 2 rings (SSSR count). The number of nitrogens with one attached hydrogen (secondary N) is 1. The average molecular weight is 249 g/mol. The number of pyridine rings is 1. The molecule has 0 aliphatic rings. The number of nitrogen functional groups attached to an aromatic ring is 1. The number of aromatic nitrogens is 1. The second-order valence-corrected chi connectivity index (χ2v) is 3.55. The Morgan fingerprint density at radius 3 is 2.39 bits per heavy atom. The van der Waals surface area contributed by atoms with Crippen LogP contribution in [0.15, 0.2) is 18.3 Å². The van der Waals surface area contributed by atoms with E-state index < -0.39 is 0 Å². The lowest BCUT2D eigenvalue weighted by Crippen LogP contribution is -2.09. The van der Waals surface area contributed by atoms with E-state index in [1.54, 1.807) is 27.5 Å². The first kappa shape index (κ1) is 12.3. The number of methoxy groups -OCH3 is 3. The molecule has 0 saturated carbocycles. The second kappa shape index (κ2) is 4.97. The molecule has 0 atom stereocenters. The van der Waals surface area contributed by atoms with Crippen molar-refractivity contribution in [2.75, 3.05) is 26.8 Å². The van der Waals surface area contributed by atoms with Crippen molar-refractivity contribution in [1.82, 2.24) is 4.98 Å². The van der Waals surface area contributed by atoms with Crippen LogP contribution in [0.2, 0.25) is 0 Å². The number of nitrogens with two attached hydrogens (primary N) is 1. The van der Waals surface area contributed by atoms with Crippen LogP contribution < -0.4 is 25.5 Å². The Morgan fingerprint density at radius 1 is 1.11 bits per heavy atom. The molecule has 0 fully saturated rings. The molecule has 96 valence electrons. The van der Waals surface area contributed by atoms with E-state index in [4.69, 9.17) is 20.1 Å². The Hall–Kier alpha value is -2.21. The molecule has 6 heteroatoms. The standard InChI is InChI=1S/C12H15N3O3/c1-16-8-6-7-4-5-14-12(15-13)9(7)11(18-3)10(8)17-2/h4-6H,13H2,1-3H3,(H,14,15). The fourth-order valence-electron chi connectivity index (χ4n) is 1.92. The van der Waals surface area contributed by atoms with Crippen molar-refractivity contribution >= 4 is 16.6 Å². The predicted molar refractivity (Wildman–Crippen MR) is 69.2 cm³/mol. The number of anilines is 1. The van der Waals surface area contributed by atoms with Gasteiger partial charge < -0.3 is 19.6 Å². The van der Waals surface area contributed by atoms with Crippen LogP contribution in [0.4, 0.5) is 5.82 Å². The van der Waals surface area contributed by atoms with Crippen LogP contribution in [-0.2, 0) is 0 Å². The highest BCUT2D eigenvalue weighted by Crippen LogP contribution is 2.45. The van der Waals surface area contributed by atoms with Gasteiger partial charge in [0.05, 0.1) is 26.7 Å². The largest absolute Gasteiger partial charge is 0.493 e.